The molecule has 82 valence electrons. The molecule has 0 spiro atoms. The first-order valence-electron chi connectivity index (χ1n) is 5.93. The smallest absolute Gasteiger partial charge is 0.0603 e. The number of allylic oxidation sites excluding steroid dienone is 1. The molecule has 0 bridgehead atoms. The van der Waals surface area contributed by atoms with Gasteiger partial charge in [-0.25, -0.2) is 0 Å². The van der Waals surface area contributed by atoms with Crippen LogP contribution in [0.5, 0.6) is 0 Å². The molecule has 0 amide bonds. The van der Waals surface area contributed by atoms with Crippen molar-refractivity contribution in [2.24, 2.45) is 10.2 Å². The Labute approximate surface area is 88.5 Å². The SMILES string of the molecule is CCCCCC=CN=NCCCCC. The van der Waals surface area contributed by atoms with E-state index < -0.39 is 0 Å². The van der Waals surface area contributed by atoms with E-state index in [4.69, 9.17) is 0 Å². The molecule has 0 aromatic heterocycles. The summed E-state index contributed by atoms with van der Waals surface area (Å²) >= 11 is 0. The molecule has 0 N–H and O–H groups in total. The Morgan fingerprint density at radius 3 is 2.36 bits per heavy atom. The summed E-state index contributed by atoms with van der Waals surface area (Å²) in [4.78, 5) is 0. The molecule has 0 saturated carbocycles. The van der Waals surface area contributed by atoms with E-state index in [9.17, 15) is 0 Å². The first-order chi connectivity index (χ1) is 6.91. The monoisotopic (exact) mass is 196 g/mol. The van der Waals surface area contributed by atoms with E-state index in [1.165, 1.54) is 38.5 Å². The van der Waals surface area contributed by atoms with Crippen molar-refractivity contribution in [2.75, 3.05) is 6.54 Å². The molecule has 2 heteroatoms. The van der Waals surface area contributed by atoms with Crippen LogP contribution in [0, 0.1) is 0 Å². The second-order valence-corrected chi connectivity index (χ2v) is 3.57. The fourth-order valence-electron chi connectivity index (χ4n) is 1.17. The van der Waals surface area contributed by atoms with Crippen molar-refractivity contribution >= 4 is 0 Å². The molecule has 0 aliphatic carbocycles. The number of azo groups is 1. The first kappa shape index (κ1) is 13.3. The van der Waals surface area contributed by atoms with Crippen LogP contribution in [0.1, 0.15) is 58.8 Å². The zero-order chi connectivity index (χ0) is 10.5. The molecule has 0 aliphatic heterocycles. The Hall–Kier alpha value is -0.660. The van der Waals surface area contributed by atoms with Gasteiger partial charge >= 0.3 is 0 Å². The zero-order valence-electron chi connectivity index (χ0n) is 9.71. The summed E-state index contributed by atoms with van der Waals surface area (Å²) in [6.07, 6.45) is 12.6. The lowest BCUT2D eigenvalue weighted by Crippen LogP contribution is -1.77. The maximum Gasteiger partial charge on any atom is 0.0603 e. The van der Waals surface area contributed by atoms with Crippen molar-refractivity contribution in [1.82, 2.24) is 0 Å². The molecule has 0 aromatic rings. The number of unbranched alkanes of at least 4 members (excludes halogenated alkanes) is 5. The number of nitrogens with zero attached hydrogens (tertiary/aromatic N) is 2. The van der Waals surface area contributed by atoms with Gasteiger partial charge in [-0.2, -0.15) is 10.2 Å². The molecule has 0 radical (unpaired) electrons. The average Bonchev–Trinajstić information content (AvgIpc) is 2.21. The second kappa shape index (κ2) is 12.3. The van der Waals surface area contributed by atoms with Gasteiger partial charge in [-0.3, -0.25) is 0 Å². The lowest BCUT2D eigenvalue weighted by atomic mass is 10.2. The Kier molecular flexibility index (Phi) is 11.8. The predicted octanol–water partition coefficient (Wildman–Crippen LogP) is 4.72. The van der Waals surface area contributed by atoms with Crippen LogP contribution < -0.4 is 0 Å². The van der Waals surface area contributed by atoms with Gasteiger partial charge < -0.3 is 0 Å². The molecular formula is C12H24N2. The first-order valence-corrected chi connectivity index (χ1v) is 5.93. The summed E-state index contributed by atoms with van der Waals surface area (Å²) in [6.45, 7) is 5.30. The fraction of sp³-hybridized carbons (Fsp3) is 0.833. The van der Waals surface area contributed by atoms with Gasteiger partial charge in [0.2, 0.25) is 0 Å². The molecule has 0 fully saturated rings. The van der Waals surface area contributed by atoms with Crippen molar-refractivity contribution in [3.63, 3.8) is 0 Å². The maximum atomic E-state index is 4.06. The third kappa shape index (κ3) is 11.3. The molecule has 0 aliphatic rings. The Morgan fingerprint density at radius 1 is 0.929 bits per heavy atom. The molecule has 0 saturated heterocycles. The minimum atomic E-state index is 0.882. The molecule has 0 heterocycles. The van der Waals surface area contributed by atoms with Crippen LogP contribution in [-0.4, -0.2) is 6.54 Å². The number of hydrogen-bond donors (Lipinski definition) is 0. The highest BCUT2D eigenvalue weighted by molar-refractivity contribution is 4.77. The molecule has 0 unspecified atom stereocenters. The average molecular weight is 196 g/mol. The maximum absolute atomic E-state index is 4.06. The largest absolute Gasteiger partial charge is 0.189 e. The summed E-state index contributed by atoms with van der Waals surface area (Å²) in [5.74, 6) is 0. The molecule has 0 rings (SSSR count). The van der Waals surface area contributed by atoms with E-state index >= 15 is 0 Å². The van der Waals surface area contributed by atoms with Crippen molar-refractivity contribution in [1.29, 1.82) is 0 Å². The van der Waals surface area contributed by atoms with Crippen LogP contribution in [0.2, 0.25) is 0 Å². The molecule has 2 nitrogen and oxygen atoms in total. The van der Waals surface area contributed by atoms with Crippen molar-refractivity contribution in [2.45, 2.75) is 58.8 Å². The molecule has 14 heavy (non-hydrogen) atoms. The second-order valence-electron chi connectivity index (χ2n) is 3.57. The van der Waals surface area contributed by atoms with E-state index in [1.54, 1.807) is 0 Å². The predicted molar refractivity (Wildman–Crippen MR) is 62.5 cm³/mol. The lowest BCUT2D eigenvalue weighted by molar-refractivity contribution is 0.711. The van der Waals surface area contributed by atoms with Crippen LogP contribution in [0.4, 0.5) is 0 Å². The molecule has 0 atom stereocenters. The summed E-state index contributed by atoms with van der Waals surface area (Å²) in [7, 11) is 0. The van der Waals surface area contributed by atoms with Crippen molar-refractivity contribution in [3.8, 4) is 0 Å². The Bertz CT molecular complexity index is 132. The van der Waals surface area contributed by atoms with E-state index in [0.717, 1.165) is 13.0 Å². The van der Waals surface area contributed by atoms with Gasteiger partial charge in [0.05, 0.1) is 6.54 Å². The van der Waals surface area contributed by atoms with E-state index in [2.05, 4.69) is 30.2 Å². The summed E-state index contributed by atoms with van der Waals surface area (Å²) < 4.78 is 0. The molecule has 0 aromatic carbocycles. The fourth-order valence-corrected chi connectivity index (χ4v) is 1.17. The van der Waals surface area contributed by atoms with E-state index in [0.29, 0.717) is 0 Å². The number of hydrogen-bond acceptors (Lipinski definition) is 2. The summed E-state index contributed by atoms with van der Waals surface area (Å²) in [5, 5.41) is 8.05. The topological polar surface area (TPSA) is 24.7 Å². The number of rotatable bonds is 9. The van der Waals surface area contributed by atoms with Crippen molar-refractivity contribution < 1.29 is 0 Å². The molecular weight excluding hydrogens is 172 g/mol. The third-order valence-corrected chi connectivity index (χ3v) is 2.09. The summed E-state index contributed by atoms with van der Waals surface area (Å²) in [5.41, 5.74) is 0. The van der Waals surface area contributed by atoms with Crippen LogP contribution in [0.15, 0.2) is 22.5 Å². The van der Waals surface area contributed by atoms with Gasteiger partial charge in [0.15, 0.2) is 0 Å². The minimum absolute atomic E-state index is 0.882. The highest BCUT2D eigenvalue weighted by Gasteiger charge is 1.82. The van der Waals surface area contributed by atoms with Crippen molar-refractivity contribution in [3.05, 3.63) is 12.3 Å². The lowest BCUT2D eigenvalue weighted by Gasteiger charge is -1.90. The van der Waals surface area contributed by atoms with Gasteiger partial charge in [-0.15, -0.1) is 0 Å². The zero-order valence-corrected chi connectivity index (χ0v) is 9.71. The Morgan fingerprint density at radius 2 is 1.64 bits per heavy atom. The van der Waals surface area contributed by atoms with Crippen LogP contribution in [0.25, 0.3) is 0 Å². The minimum Gasteiger partial charge on any atom is -0.189 e. The van der Waals surface area contributed by atoms with Crippen LogP contribution in [-0.2, 0) is 0 Å². The van der Waals surface area contributed by atoms with E-state index in [-0.39, 0.29) is 0 Å². The van der Waals surface area contributed by atoms with Gasteiger partial charge in [0.25, 0.3) is 0 Å². The quantitative estimate of drug-likeness (QED) is 0.376. The summed E-state index contributed by atoms with van der Waals surface area (Å²) in [6, 6.07) is 0. The van der Waals surface area contributed by atoms with Crippen LogP contribution in [0.3, 0.4) is 0 Å². The highest BCUT2D eigenvalue weighted by Crippen LogP contribution is 1.99. The highest BCUT2D eigenvalue weighted by atomic mass is 15.1. The van der Waals surface area contributed by atoms with E-state index in [1.807, 2.05) is 6.20 Å². The van der Waals surface area contributed by atoms with Gasteiger partial charge in [0.1, 0.15) is 0 Å². The van der Waals surface area contributed by atoms with Crippen LogP contribution >= 0.6 is 0 Å². The van der Waals surface area contributed by atoms with Gasteiger partial charge in [-0.1, -0.05) is 45.6 Å². The standard InChI is InChI=1S/C12H24N2/c1-3-5-7-8-10-12-14-13-11-9-6-4-2/h10,12H,3-9,11H2,1-2H3. The normalized spacial score (nSPS) is 11.9. The van der Waals surface area contributed by atoms with Gasteiger partial charge in [0, 0.05) is 6.20 Å². The Balaban J connectivity index is 3.15. The third-order valence-electron chi connectivity index (χ3n) is 2.09. The van der Waals surface area contributed by atoms with Gasteiger partial charge in [-0.05, 0) is 19.3 Å².